The second-order valence-corrected chi connectivity index (χ2v) is 3.61. The minimum absolute atomic E-state index is 0.236. The molecule has 16 heavy (non-hydrogen) atoms. The van der Waals surface area contributed by atoms with Gasteiger partial charge in [-0.2, -0.15) is 0 Å². The van der Waals surface area contributed by atoms with E-state index < -0.39 is 0 Å². The zero-order valence-corrected chi connectivity index (χ0v) is 9.06. The molecular weight excluding hydrogens is 202 g/mol. The molecule has 1 aromatic carbocycles. The molecule has 0 aliphatic rings. The Morgan fingerprint density at radius 1 is 1.19 bits per heavy atom. The fraction of sp³-hybridized carbons (Fsp3) is 0.333. The van der Waals surface area contributed by atoms with Crippen LogP contribution in [0.25, 0.3) is 10.9 Å². The number of benzene rings is 1. The van der Waals surface area contributed by atoms with Crippen molar-refractivity contribution in [1.82, 2.24) is 9.97 Å². The van der Waals surface area contributed by atoms with Gasteiger partial charge in [0, 0.05) is 24.7 Å². The summed E-state index contributed by atoms with van der Waals surface area (Å²) in [5.74, 6) is 0.650. The summed E-state index contributed by atoms with van der Waals surface area (Å²) in [5.41, 5.74) is 0.946. The Bertz CT molecular complexity index is 459. The zero-order chi connectivity index (χ0) is 11.2. The van der Waals surface area contributed by atoms with Crippen LogP contribution < -0.4 is 5.32 Å². The molecule has 2 rings (SSSR count). The molecule has 4 nitrogen and oxygen atoms in total. The van der Waals surface area contributed by atoms with Gasteiger partial charge in [-0.25, -0.2) is 9.97 Å². The molecule has 0 aliphatic heterocycles. The Hall–Kier alpha value is -1.68. The highest BCUT2D eigenvalue weighted by molar-refractivity contribution is 5.78. The molecule has 0 saturated carbocycles. The quantitative estimate of drug-likeness (QED) is 0.750. The van der Waals surface area contributed by atoms with Crippen LogP contribution in [0.3, 0.4) is 0 Å². The number of anilines is 1. The molecule has 0 aliphatic carbocycles. The highest BCUT2D eigenvalue weighted by atomic mass is 16.2. The molecule has 1 heterocycles. The molecule has 0 atom stereocenters. The first-order chi connectivity index (χ1) is 7.90. The molecule has 2 aromatic rings. The number of rotatable bonds is 5. The first-order valence-corrected chi connectivity index (χ1v) is 5.46. The van der Waals surface area contributed by atoms with Crippen LogP contribution in [0.5, 0.6) is 0 Å². The van der Waals surface area contributed by atoms with E-state index in [0.717, 1.165) is 30.3 Å². The van der Waals surface area contributed by atoms with E-state index in [1.165, 1.54) is 0 Å². The van der Waals surface area contributed by atoms with E-state index >= 15 is 0 Å². The maximum absolute atomic E-state index is 8.65. The summed E-state index contributed by atoms with van der Waals surface area (Å²) >= 11 is 0. The van der Waals surface area contributed by atoms with Crippen LogP contribution in [0.2, 0.25) is 0 Å². The standard InChI is InChI=1S/C12H15N3O/c16-8-4-3-7-13-12-14-9-10-5-1-2-6-11(10)15-12/h1-2,5-6,9,16H,3-4,7-8H2,(H,13,14,15). The number of nitrogens with zero attached hydrogens (tertiary/aromatic N) is 2. The van der Waals surface area contributed by atoms with Crippen molar-refractivity contribution in [2.45, 2.75) is 12.8 Å². The van der Waals surface area contributed by atoms with Crippen LogP contribution in [0.4, 0.5) is 5.95 Å². The van der Waals surface area contributed by atoms with Gasteiger partial charge < -0.3 is 10.4 Å². The lowest BCUT2D eigenvalue weighted by Crippen LogP contribution is -2.05. The van der Waals surface area contributed by atoms with Gasteiger partial charge in [0.15, 0.2) is 0 Å². The summed E-state index contributed by atoms with van der Waals surface area (Å²) in [6.07, 6.45) is 3.55. The van der Waals surface area contributed by atoms with Crippen molar-refractivity contribution in [3.63, 3.8) is 0 Å². The minimum Gasteiger partial charge on any atom is -0.396 e. The molecule has 0 amide bonds. The SMILES string of the molecule is OCCCCNc1ncc2ccccc2n1. The van der Waals surface area contributed by atoms with E-state index in [1.54, 1.807) is 0 Å². The lowest BCUT2D eigenvalue weighted by molar-refractivity contribution is 0.286. The summed E-state index contributed by atoms with van der Waals surface area (Å²) in [7, 11) is 0. The topological polar surface area (TPSA) is 58.0 Å². The number of aliphatic hydroxyl groups excluding tert-OH is 1. The van der Waals surface area contributed by atoms with Crippen molar-refractivity contribution < 1.29 is 5.11 Å². The molecule has 0 fully saturated rings. The van der Waals surface area contributed by atoms with Crippen molar-refractivity contribution in [2.75, 3.05) is 18.5 Å². The number of aliphatic hydroxyl groups is 1. The van der Waals surface area contributed by atoms with Crippen molar-refractivity contribution in [2.24, 2.45) is 0 Å². The Morgan fingerprint density at radius 2 is 2.06 bits per heavy atom. The molecule has 1 aromatic heterocycles. The van der Waals surface area contributed by atoms with E-state index in [4.69, 9.17) is 5.11 Å². The molecule has 4 heteroatoms. The fourth-order valence-corrected chi connectivity index (χ4v) is 1.49. The smallest absolute Gasteiger partial charge is 0.223 e. The average Bonchev–Trinajstić information content (AvgIpc) is 2.34. The third kappa shape index (κ3) is 2.67. The first kappa shape index (κ1) is 10.8. The molecule has 0 unspecified atom stereocenters. The predicted octanol–water partition coefficient (Wildman–Crippen LogP) is 1.81. The van der Waals surface area contributed by atoms with E-state index in [9.17, 15) is 0 Å². The number of fused-ring (bicyclic) bond motifs is 1. The Kier molecular flexibility index (Phi) is 3.66. The maximum atomic E-state index is 8.65. The largest absolute Gasteiger partial charge is 0.396 e. The van der Waals surface area contributed by atoms with Crippen molar-refractivity contribution in [3.05, 3.63) is 30.5 Å². The molecular formula is C12H15N3O. The van der Waals surface area contributed by atoms with Gasteiger partial charge >= 0.3 is 0 Å². The van der Waals surface area contributed by atoms with Gasteiger partial charge in [0.25, 0.3) is 0 Å². The van der Waals surface area contributed by atoms with Gasteiger partial charge in [-0.3, -0.25) is 0 Å². The van der Waals surface area contributed by atoms with Crippen LogP contribution in [-0.4, -0.2) is 28.2 Å². The maximum Gasteiger partial charge on any atom is 0.223 e. The minimum atomic E-state index is 0.236. The molecule has 84 valence electrons. The van der Waals surface area contributed by atoms with E-state index in [-0.39, 0.29) is 6.61 Å². The highest BCUT2D eigenvalue weighted by Gasteiger charge is 1.97. The molecule has 0 bridgehead atoms. The van der Waals surface area contributed by atoms with Crippen molar-refractivity contribution in [3.8, 4) is 0 Å². The van der Waals surface area contributed by atoms with Crippen molar-refractivity contribution >= 4 is 16.9 Å². The predicted molar refractivity (Wildman–Crippen MR) is 64.3 cm³/mol. The Balaban J connectivity index is 2.02. The Labute approximate surface area is 94.4 Å². The number of hydrogen-bond acceptors (Lipinski definition) is 4. The fourth-order valence-electron chi connectivity index (χ4n) is 1.49. The number of nitrogens with one attached hydrogen (secondary N) is 1. The van der Waals surface area contributed by atoms with Crippen LogP contribution in [0, 0.1) is 0 Å². The normalized spacial score (nSPS) is 10.6. The van der Waals surface area contributed by atoms with Gasteiger partial charge in [0.05, 0.1) is 5.52 Å². The van der Waals surface area contributed by atoms with Crippen LogP contribution >= 0.6 is 0 Å². The molecule has 0 spiro atoms. The van der Waals surface area contributed by atoms with Gasteiger partial charge in [-0.05, 0) is 18.9 Å². The van der Waals surface area contributed by atoms with Crippen molar-refractivity contribution in [1.29, 1.82) is 0 Å². The second-order valence-electron chi connectivity index (χ2n) is 3.61. The summed E-state index contributed by atoms with van der Waals surface area (Å²) in [6.45, 7) is 1.03. The average molecular weight is 217 g/mol. The first-order valence-electron chi connectivity index (χ1n) is 5.46. The lowest BCUT2D eigenvalue weighted by Gasteiger charge is -2.04. The monoisotopic (exact) mass is 217 g/mol. The van der Waals surface area contributed by atoms with E-state index in [0.29, 0.717) is 5.95 Å². The number of hydrogen-bond donors (Lipinski definition) is 2. The number of unbranched alkanes of at least 4 members (excludes halogenated alkanes) is 1. The van der Waals surface area contributed by atoms with Gasteiger partial charge in [-0.1, -0.05) is 18.2 Å². The van der Waals surface area contributed by atoms with Crippen LogP contribution in [0.15, 0.2) is 30.5 Å². The molecule has 2 N–H and O–H groups in total. The summed E-state index contributed by atoms with van der Waals surface area (Å²) in [4.78, 5) is 8.61. The van der Waals surface area contributed by atoms with E-state index in [2.05, 4.69) is 15.3 Å². The van der Waals surface area contributed by atoms with Gasteiger partial charge in [0.1, 0.15) is 0 Å². The zero-order valence-electron chi connectivity index (χ0n) is 9.06. The number of aromatic nitrogens is 2. The third-order valence-corrected chi connectivity index (χ3v) is 2.36. The highest BCUT2D eigenvalue weighted by Crippen LogP contribution is 2.11. The lowest BCUT2D eigenvalue weighted by atomic mass is 10.2. The van der Waals surface area contributed by atoms with Gasteiger partial charge in [-0.15, -0.1) is 0 Å². The van der Waals surface area contributed by atoms with Crippen LogP contribution in [-0.2, 0) is 0 Å². The third-order valence-electron chi connectivity index (χ3n) is 2.36. The summed E-state index contributed by atoms with van der Waals surface area (Å²) in [5, 5.41) is 12.8. The second kappa shape index (κ2) is 5.42. The summed E-state index contributed by atoms with van der Waals surface area (Å²) < 4.78 is 0. The van der Waals surface area contributed by atoms with Crippen LogP contribution in [0.1, 0.15) is 12.8 Å². The Morgan fingerprint density at radius 3 is 2.94 bits per heavy atom. The van der Waals surface area contributed by atoms with E-state index in [1.807, 2.05) is 30.5 Å². The summed E-state index contributed by atoms with van der Waals surface area (Å²) in [6, 6.07) is 7.89. The molecule has 0 radical (unpaired) electrons. The van der Waals surface area contributed by atoms with Gasteiger partial charge in [0.2, 0.25) is 5.95 Å². The number of para-hydroxylation sites is 1. The molecule has 0 saturated heterocycles.